The summed E-state index contributed by atoms with van der Waals surface area (Å²) in [4.78, 5) is 14.4. The summed E-state index contributed by atoms with van der Waals surface area (Å²) in [6.45, 7) is 0. The van der Waals surface area contributed by atoms with Crippen LogP contribution in [0.15, 0.2) is 39.5 Å². The molecule has 17 heavy (non-hydrogen) atoms. The third-order valence-corrected chi connectivity index (χ3v) is 2.65. The van der Waals surface area contributed by atoms with E-state index in [9.17, 15) is 9.90 Å². The number of aromatic nitrogens is 2. The van der Waals surface area contributed by atoms with Crippen LogP contribution < -0.4 is 5.69 Å². The SMILES string of the molecule is O=c1[nH]c2ccc(O)cc2n1-c1ccc(Cl)o1. The van der Waals surface area contributed by atoms with Gasteiger partial charge in [-0.1, -0.05) is 0 Å². The van der Waals surface area contributed by atoms with Crippen LogP contribution in [0.3, 0.4) is 0 Å². The Kier molecular flexibility index (Phi) is 2.02. The molecule has 2 aromatic heterocycles. The van der Waals surface area contributed by atoms with Crippen LogP contribution in [0.2, 0.25) is 5.22 Å². The van der Waals surface area contributed by atoms with Crippen LogP contribution in [0.1, 0.15) is 0 Å². The molecule has 0 aliphatic carbocycles. The first kappa shape index (κ1) is 10.0. The molecule has 0 fully saturated rings. The quantitative estimate of drug-likeness (QED) is 0.696. The number of imidazole rings is 1. The van der Waals surface area contributed by atoms with Crippen LogP contribution in [-0.4, -0.2) is 14.7 Å². The molecule has 0 saturated heterocycles. The molecule has 0 aliphatic rings. The third kappa shape index (κ3) is 1.52. The first-order valence-electron chi connectivity index (χ1n) is 4.84. The van der Waals surface area contributed by atoms with E-state index in [-0.39, 0.29) is 16.7 Å². The smallest absolute Gasteiger partial charge is 0.333 e. The lowest BCUT2D eigenvalue weighted by atomic mass is 10.3. The molecule has 5 nitrogen and oxygen atoms in total. The Morgan fingerprint density at radius 2 is 2.12 bits per heavy atom. The average molecular weight is 251 g/mol. The zero-order valence-electron chi connectivity index (χ0n) is 8.48. The van der Waals surface area contributed by atoms with Crippen molar-refractivity contribution in [1.82, 2.24) is 9.55 Å². The van der Waals surface area contributed by atoms with E-state index >= 15 is 0 Å². The van der Waals surface area contributed by atoms with Gasteiger partial charge in [-0.05, 0) is 29.8 Å². The summed E-state index contributed by atoms with van der Waals surface area (Å²) in [5.41, 5.74) is 0.790. The van der Waals surface area contributed by atoms with Crippen molar-refractivity contribution in [2.24, 2.45) is 0 Å². The molecule has 2 heterocycles. The highest BCUT2D eigenvalue weighted by Crippen LogP contribution is 2.22. The summed E-state index contributed by atoms with van der Waals surface area (Å²) in [6, 6.07) is 7.72. The fourth-order valence-corrected chi connectivity index (χ4v) is 1.88. The molecule has 0 atom stereocenters. The highest BCUT2D eigenvalue weighted by Gasteiger charge is 2.12. The van der Waals surface area contributed by atoms with Crippen molar-refractivity contribution >= 4 is 22.6 Å². The van der Waals surface area contributed by atoms with Gasteiger partial charge in [-0.25, -0.2) is 9.36 Å². The van der Waals surface area contributed by atoms with E-state index in [1.165, 1.54) is 16.7 Å². The monoisotopic (exact) mass is 250 g/mol. The van der Waals surface area contributed by atoms with E-state index < -0.39 is 0 Å². The van der Waals surface area contributed by atoms with Crippen molar-refractivity contribution in [3.63, 3.8) is 0 Å². The number of aromatic amines is 1. The Balaban J connectivity index is 2.39. The summed E-state index contributed by atoms with van der Waals surface area (Å²) in [7, 11) is 0. The number of furan rings is 1. The van der Waals surface area contributed by atoms with Gasteiger partial charge >= 0.3 is 5.69 Å². The second-order valence-electron chi connectivity index (χ2n) is 3.54. The highest BCUT2D eigenvalue weighted by atomic mass is 35.5. The molecule has 1 aromatic carbocycles. The van der Waals surface area contributed by atoms with Gasteiger partial charge in [0.15, 0.2) is 5.22 Å². The zero-order valence-corrected chi connectivity index (χ0v) is 9.23. The normalized spacial score (nSPS) is 11.1. The van der Waals surface area contributed by atoms with Crippen molar-refractivity contribution in [2.75, 3.05) is 0 Å². The Morgan fingerprint density at radius 3 is 2.82 bits per heavy atom. The summed E-state index contributed by atoms with van der Waals surface area (Å²) in [5, 5.41) is 9.63. The number of hydrogen-bond donors (Lipinski definition) is 2. The van der Waals surface area contributed by atoms with Crippen LogP contribution in [0.5, 0.6) is 5.75 Å². The van der Waals surface area contributed by atoms with Crippen LogP contribution in [-0.2, 0) is 0 Å². The molecule has 0 unspecified atom stereocenters. The van der Waals surface area contributed by atoms with E-state index in [0.717, 1.165) is 0 Å². The number of fused-ring (bicyclic) bond motifs is 1. The standard InChI is InChI=1S/C11H7ClN2O3/c12-9-3-4-10(17-9)14-8-5-6(15)1-2-7(8)13-11(14)16/h1-5,15H,(H,13,16). The summed E-state index contributed by atoms with van der Waals surface area (Å²) in [6.07, 6.45) is 0. The van der Waals surface area contributed by atoms with Crippen molar-refractivity contribution in [2.45, 2.75) is 0 Å². The summed E-state index contributed by atoms with van der Waals surface area (Å²) >= 11 is 5.67. The van der Waals surface area contributed by atoms with Gasteiger partial charge in [-0.15, -0.1) is 0 Å². The van der Waals surface area contributed by atoms with Gasteiger partial charge in [0.1, 0.15) is 5.75 Å². The maximum atomic E-state index is 11.8. The van der Waals surface area contributed by atoms with Crippen molar-refractivity contribution in [3.8, 4) is 11.6 Å². The Labute approximate surface area is 99.9 Å². The first-order chi connectivity index (χ1) is 8.15. The second kappa shape index (κ2) is 3.43. The Hall–Kier alpha value is -2.14. The van der Waals surface area contributed by atoms with E-state index in [0.29, 0.717) is 16.9 Å². The fourth-order valence-electron chi connectivity index (χ4n) is 1.73. The molecule has 0 aliphatic heterocycles. The van der Waals surface area contributed by atoms with Gasteiger partial charge in [0, 0.05) is 12.1 Å². The number of nitrogens with zero attached hydrogens (tertiary/aromatic N) is 1. The minimum absolute atomic E-state index is 0.0721. The summed E-state index contributed by atoms with van der Waals surface area (Å²) in [5.74, 6) is 0.375. The molecular formula is C11H7ClN2O3. The fraction of sp³-hybridized carbons (Fsp3) is 0. The predicted molar refractivity (Wildman–Crippen MR) is 62.8 cm³/mol. The highest BCUT2D eigenvalue weighted by molar-refractivity contribution is 6.28. The first-order valence-corrected chi connectivity index (χ1v) is 5.22. The number of aromatic hydroxyl groups is 1. The summed E-state index contributed by atoms with van der Waals surface area (Å²) < 4.78 is 6.49. The maximum Gasteiger partial charge on any atom is 0.333 e. The van der Waals surface area contributed by atoms with E-state index in [1.807, 2.05) is 0 Å². The van der Waals surface area contributed by atoms with Crippen molar-refractivity contribution in [1.29, 1.82) is 0 Å². The minimum Gasteiger partial charge on any atom is -0.508 e. The van der Waals surface area contributed by atoms with Gasteiger partial charge in [0.25, 0.3) is 0 Å². The molecule has 3 aromatic rings. The topological polar surface area (TPSA) is 71.2 Å². The largest absolute Gasteiger partial charge is 0.508 e. The molecule has 6 heteroatoms. The lowest BCUT2D eigenvalue weighted by molar-refractivity contribution is 0.476. The number of halogens is 1. The number of hydrogen-bond acceptors (Lipinski definition) is 3. The third-order valence-electron chi connectivity index (χ3n) is 2.45. The van der Waals surface area contributed by atoms with E-state index in [2.05, 4.69) is 4.98 Å². The molecule has 2 N–H and O–H groups in total. The van der Waals surface area contributed by atoms with Gasteiger partial charge in [-0.2, -0.15) is 0 Å². The number of rotatable bonds is 1. The van der Waals surface area contributed by atoms with E-state index in [1.54, 1.807) is 18.2 Å². The minimum atomic E-state index is -0.350. The Morgan fingerprint density at radius 1 is 1.29 bits per heavy atom. The zero-order chi connectivity index (χ0) is 12.0. The van der Waals surface area contributed by atoms with Crippen LogP contribution >= 0.6 is 11.6 Å². The van der Waals surface area contributed by atoms with Crippen LogP contribution in [0, 0.1) is 0 Å². The number of nitrogens with one attached hydrogen (secondary N) is 1. The molecule has 86 valence electrons. The lowest BCUT2D eigenvalue weighted by Gasteiger charge is -1.98. The molecule has 0 bridgehead atoms. The van der Waals surface area contributed by atoms with Crippen molar-refractivity contribution < 1.29 is 9.52 Å². The van der Waals surface area contributed by atoms with Crippen LogP contribution in [0.4, 0.5) is 0 Å². The average Bonchev–Trinajstić information content (AvgIpc) is 2.81. The van der Waals surface area contributed by atoms with Crippen LogP contribution in [0.25, 0.3) is 16.9 Å². The van der Waals surface area contributed by atoms with Gasteiger partial charge in [0.2, 0.25) is 5.88 Å². The van der Waals surface area contributed by atoms with E-state index in [4.69, 9.17) is 16.0 Å². The number of phenols is 1. The molecule has 0 amide bonds. The molecule has 3 rings (SSSR count). The maximum absolute atomic E-state index is 11.8. The number of benzene rings is 1. The van der Waals surface area contributed by atoms with Gasteiger partial charge < -0.3 is 14.5 Å². The van der Waals surface area contributed by atoms with Gasteiger partial charge in [-0.3, -0.25) is 0 Å². The lowest BCUT2D eigenvalue weighted by Crippen LogP contribution is -2.13. The number of H-pyrrole nitrogens is 1. The van der Waals surface area contributed by atoms with Crippen molar-refractivity contribution in [3.05, 3.63) is 46.0 Å². The molecule has 0 radical (unpaired) electrons. The molecule has 0 saturated carbocycles. The molecule has 0 spiro atoms. The number of phenolic OH excluding ortho intramolecular Hbond substituents is 1. The Bertz CT molecular complexity index is 754. The predicted octanol–water partition coefficient (Wildman–Crippen LogP) is 2.27. The van der Waals surface area contributed by atoms with Gasteiger partial charge in [0.05, 0.1) is 11.0 Å². The second-order valence-corrected chi connectivity index (χ2v) is 3.92. The molecular weight excluding hydrogens is 244 g/mol.